The summed E-state index contributed by atoms with van der Waals surface area (Å²) in [5.41, 5.74) is 0. The molecule has 0 aromatic carbocycles. The van der Waals surface area contributed by atoms with Gasteiger partial charge in [0.05, 0.1) is 13.2 Å². The fraction of sp³-hybridized carbons (Fsp3) is 0.870. The van der Waals surface area contributed by atoms with Gasteiger partial charge in [-0.1, -0.05) is 96.8 Å². The largest absolute Gasteiger partial charge is 0.505 e. The number of esters is 1. The summed E-state index contributed by atoms with van der Waals surface area (Å²) in [7, 11) is 0. The van der Waals surface area contributed by atoms with Gasteiger partial charge in [-0.3, -0.25) is 0 Å². The molecule has 1 rings (SSSR count). The van der Waals surface area contributed by atoms with Crippen LogP contribution in [0.1, 0.15) is 103 Å². The van der Waals surface area contributed by atoms with Gasteiger partial charge in [-0.05, 0) is 6.42 Å². The number of ether oxygens (including phenoxy) is 2. The highest BCUT2D eigenvalue weighted by Gasteiger charge is 2.40. The van der Waals surface area contributed by atoms with Crippen LogP contribution in [0, 0.1) is 0 Å². The van der Waals surface area contributed by atoms with Crippen molar-refractivity contribution in [2.75, 3.05) is 13.2 Å². The molecule has 2 unspecified atom stereocenters. The number of cyclic esters (lactones) is 1. The predicted molar refractivity (Wildman–Crippen MR) is 114 cm³/mol. The normalized spacial score (nSPS) is 17.6. The molecule has 0 saturated heterocycles. The average molecular weight is 415 g/mol. The first-order valence-electron chi connectivity index (χ1n) is 11.7. The summed E-state index contributed by atoms with van der Waals surface area (Å²) < 4.78 is 10.1. The van der Waals surface area contributed by atoms with E-state index < -0.39 is 30.5 Å². The second-order valence-electron chi connectivity index (χ2n) is 8.09. The van der Waals surface area contributed by atoms with Gasteiger partial charge < -0.3 is 24.8 Å². The van der Waals surface area contributed by atoms with Crippen LogP contribution in [0.25, 0.3) is 0 Å². The third kappa shape index (κ3) is 10.9. The highest BCUT2D eigenvalue weighted by Crippen LogP contribution is 2.24. The van der Waals surface area contributed by atoms with Crippen molar-refractivity contribution in [3.63, 3.8) is 0 Å². The van der Waals surface area contributed by atoms with Crippen LogP contribution in [0.3, 0.4) is 0 Å². The average Bonchev–Trinajstić information content (AvgIpc) is 3.01. The first kappa shape index (κ1) is 25.8. The van der Waals surface area contributed by atoms with Gasteiger partial charge in [0.15, 0.2) is 11.9 Å². The number of hydrogen-bond donors (Lipinski definition) is 3. The van der Waals surface area contributed by atoms with Gasteiger partial charge in [-0.15, -0.1) is 0 Å². The molecule has 0 saturated carbocycles. The standard InChI is InChI=1S/C23H42O6/c1-2-3-4-5-6-7-8-9-10-11-12-13-14-15-16-17-28-22-20(26)21(19(25)18-24)29-23(22)27/h19,21,24-26H,2-18H2,1H3. The summed E-state index contributed by atoms with van der Waals surface area (Å²) in [6.07, 6.45) is 16.6. The van der Waals surface area contributed by atoms with Crippen LogP contribution in [0.5, 0.6) is 0 Å². The first-order chi connectivity index (χ1) is 14.1. The second kappa shape index (κ2) is 16.5. The van der Waals surface area contributed by atoms with Crippen molar-refractivity contribution in [2.45, 2.75) is 115 Å². The Bertz CT molecular complexity index is 462. The van der Waals surface area contributed by atoms with Gasteiger partial charge in [0, 0.05) is 0 Å². The molecule has 1 aliphatic heterocycles. The molecule has 170 valence electrons. The van der Waals surface area contributed by atoms with E-state index in [9.17, 15) is 15.0 Å². The summed E-state index contributed by atoms with van der Waals surface area (Å²) in [6.45, 7) is 1.98. The van der Waals surface area contributed by atoms with E-state index >= 15 is 0 Å². The Morgan fingerprint density at radius 1 is 0.862 bits per heavy atom. The summed E-state index contributed by atoms with van der Waals surface area (Å²) in [5.74, 6) is -1.47. The molecule has 2 atom stereocenters. The van der Waals surface area contributed by atoms with E-state index in [2.05, 4.69) is 6.92 Å². The second-order valence-corrected chi connectivity index (χ2v) is 8.09. The van der Waals surface area contributed by atoms with Gasteiger partial charge in [0.2, 0.25) is 5.76 Å². The molecule has 6 nitrogen and oxygen atoms in total. The van der Waals surface area contributed by atoms with Crippen LogP contribution in [0.2, 0.25) is 0 Å². The van der Waals surface area contributed by atoms with Crippen molar-refractivity contribution in [2.24, 2.45) is 0 Å². The van der Waals surface area contributed by atoms with Crippen molar-refractivity contribution in [3.05, 3.63) is 11.5 Å². The van der Waals surface area contributed by atoms with E-state index in [0.29, 0.717) is 6.61 Å². The van der Waals surface area contributed by atoms with E-state index in [1.165, 1.54) is 77.0 Å². The van der Waals surface area contributed by atoms with Crippen LogP contribution in [0.4, 0.5) is 0 Å². The molecular formula is C23H42O6. The zero-order valence-corrected chi connectivity index (χ0v) is 18.2. The molecule has 3 N–H and O–H groups in total. The van der Waals surface area contributed by atoms with Gasteiger partial charge in [0.25, 0.3) is 0 Å². The molecule has 1 heterocycles. The summed E-state index contributed by atoms with van der Waals surface area (Å²) in [6, 6.07) is 0. The minimum atomic E-state index is -1.34. The Hall–Kier alpha value is -1.27. The molecular weight excluding hydrogens is 372 g/mol. The zero-order chi connectivity index (χ0) is 21.3. The Kier molecular flexibility index (Phi) is 14.7. The lowest BCUT2D eigenvalue weighted by atomic mass is 10.0. The summed E-state index contributed by atoms with van der Waals surface area (Å²) >= 11 is 0. The monoisotopic (exact) mass is 414 g/mol. The number of carbonyl (C=O) groups is 1. The molecule has 6 heteroatoms. The van der Waals surface area contributed by atoms with Gasteiger partial charge >= 0.3 is 5.97 Å². The molecule has 0 radical (unpaired) electrons. The first-order valence-corrected chi connectivity index (χ1v) is 11.7. The Morgan fingerprint density at radius 2 is 1.31 bits per heavy atom. The molecule has 0 spiro atoms. The minimum Gasteiger partial charge on any atom is -0.505 e. The molecule has 1 aliphatic rings. The maximum absolute atomic E-state index is 11.6. The van der Waals surface area contributed by atoms with Crippen LogP contribution in [-0.2, 0) is 14.3 Å². The number of rotatable bonds is 19. The highest BCUT2D eigenvalue weighted by molar-refractivity contribution is 5.89. The molecule has 0 amide bonds. The minimum absolute atomic E-state index is 0.243. The molecule has 0 bridgehead atoms. The van der Waals surface area contributed by atoms with Crippen molar-refractivity contribution in [1.82, 2.24) is 0 Å². The van der Waals surface area contributed by atoms with Crippen molar-refractivity contribution >= 4 is 5.97 Å². The van der Waals surface area contributed by atoms with E-state index in [1.807, 2.05) is 0 Å². The highest BCUT2D eigenvalue weighted by atomic mass is 16.6. The molecule has 0 fully saturated rings. The summed E-state index contributed by atoms with van der Waals surface area (Å²) in [4.78, 5) is 11.6. The lowest BCUT2D eigenvalue weighted by Crippen LogP contribution is -2.31. The van der Waals surface area contributed by atoms with Crippen LogP contribution in [0.15, 0.2) is 11.5 Å². The van der Waals surface area contributed by atoms with Crippen molar-refractivity contribution in [3.8, 4) is 0 Å². The Labute approximate surface area is 176 Å². The third-order valence-electron chi connectivity index (χ3n) is 5.45. The number of carbonyl (C=O) groups excluding carboxylic acids is 1. The molecule has 0 aromatic rings. The smallest absolute Gasteiger partial charge is 0.378 e. The van der Waals surface area contributed by atoms with Gasteiger partial charge in [-0.25, -0.2) is 4.79 Å². The van der Waals surface area contributed by atoms with Crippen LogP contribution >= 0.6 is 0 Å². The summed E-state index contributed by atoms with van der Waals surface area (Å²) in [5, 5.41) is 28.3. The molecule has 0 aliphatic carbocycles. The zero-order valence-electron chi connectivity index (χ0n) is 18.2. The maximum atomic E-state index is 11.6. The van der Waals surface area contributed by atoms with E-state index in [1.54, 1.807) is 0 Å². The Balaban J connectivity index is 1.91. The quantitative estimate of drug-likeness (QED) is 0.205. The fourth-order valence-corrected chi connectivity index (χ4v) is 3.60. The van der Waals surface area contributed by atoms with Crippen LogP contribution < -0.4 is 0 Å². The lowest BCUT2D eigenvalue weighted by molar-refractivity contribution is -0.148. The van der Waals surface area contributed by atoms with Gasteiger partial charge in [0.1, 0.15) is 6.10 Å². The van der Waals surface area contributed by atoms with Crippen LogP contribution in [-0.4, -0.2) is 46.7 Å². The SMILES string of the molecule is CCCCCCCCCCCCCCCCCOC1=C(O)C(C(O)CO)OC1=O. The predicted octanol–water partition coefficient (Wildman–Crippen LogP) is 4.92. The van der Waals surface area contributed by atoms with E-state index in [0.717, 1.165) is 19.3 Å². The van der Waals surface area contributed by atoms with Crippen molar-refractivity contribution in [1.29, 1.82) is 0 Å². The van der Waals surface area contributed by atoms with Gasteiger partial charge in [-0.2, -0.15) is 0 Å². The number of unbranched alkanes of at least 4 members (excludes halogenated alkanes) is 14. The Morgan fingerprint density at radius 3 is 1.76 bits per heavy atom. The topological polar surface area (TPSA) is 96.2 Å². The number of hydrogen-bond acceptors (Lipinski definition) is 6. The third-order valence-corrected chi connectivity index (χ3v) is 5.45. The maximum Gasteiger partial charge on any atom is 0.378 e. The lowest BCUT2D eigenvalue weighted by Gasteiger charge is -2.13. The molecule has 29 heavy (non-hydrogen) atoms. The van der Waals surface area contributed by atoms with Crippen molar-refractivity contribution < 1.29 is 29.6 Å². The molecule has 0 aromatic heterocycles. The number of aliphatic hydroxyl groups is 3. The number of aliphatic hydroxyl groups excluding tert-OH is 3. The van der Waals surface area contributed by atoms with E-state index in [4.69, 9.17) is 14.6 Å². The van der Waals surface area contributed by atoms with E-state index in [-0.39, 0.29) is 5.76 Å². The fourth-order valence-electron chi connectivity index (χ4n) is 3.60.